The highest BCUT2D eigenvalue weighted by molar-refractivity contribution is 9.10. The molecule has 0 radical (unpaired) electrons. The predicted molar refractivity (Wildman–Crippen MR) is 82.4 cm³/mol. The Balaban J connectivity index is 1.89. The van der Waals surface area contributed by atoms with Gasteiger partial charge in [-0.05, 0) is 43.5 Å². The molecule has 1 aliphatic rings. The molecule has 2 rings (SSSR count). The van der Waals surface area contributed by atoms with Crippen molar-refractivity contribution in [2.45, 2.75) is 26.7 Å². The number of anilines is 1. The van der Waals surface area contributed by atoms with Crippen molar-refractivity contribution in [3.8, 4) is 0 Å². The highest BCUT2D eigenvalue weighted by Gasteiger charge is 2.47. The summed E-state index contributed by atoms with van der Waals surface area (Å²) in [6, 6.07) is 5.71. The van der Waals surface area contributed by atoms with E-state index in [1.807, 2.05) is 32.0 Å². The zero-order valence-corrected chi connectivity index (χ0v) is 13.3. The Morgan fingerprint density at radius 3 is 2.65 bits per heavy atom. The first kappa shape index (κ1) is 15.0. The molecule has 1 saturated carbocycles. The molecule has 0 aliphatic heterocycles. The van der Waals surface area contributed by atoms with Gasteiger partial charge in [-0.3, -0.25) is 9.59 Å². The summed E-state index contributed by atoms with van der Waals surface area (Å²) in [5.74, 6) is -0.404. The molecule has 108 valence electrons. The molecule has 1 fully saturated rings. The van der Waals surface area contributed by atoms with Crippen LogP contribution in [-0.2, 0) is 9.59 Å². The van der Waals surface area contributed by atoms with Gasteiger partial charge in [-0.25, -0.2) is 0 Å². The van der Waals surface area contributed by atoms with Crippen molar-refractivity contribution in [2.24, 2.45) is 11.8 Å². The Hall–Kier alpha value is -1.36. The van der Waals surface area contributed by atoms with Crippen molar-refractivity contribution in [3.05, 3.63) is 28.2 Å². The number of amides is 2. The number of hydrogen-bond donors (Lipinski definition) is 2. The van der Waals surface area contributed by atoms with Crippen molar-refractivity contribution in [2.75, 3.05) is 11.9 Å². The number of halogens is 1. The second-order valence-electron chi connectivity index (χ2n) is 5.19. The van der Waals surface area contributed by atoms with E-state index in [1.54, 1.807) is 0 Å². The Morgan fingerprint density at radius 2 is 2.00 bits per heavy atom. The topological polar surface area (TPSA) is 58.2 Å². The first-order chi connectivity index (χ1) is 9.52. The highest BCUT2D eigenvalue weighted by atomic mass is 79.9. The van der Waals surface area contributed by atoms with Gasteiger partial charge in [0.15, 0.2) is 0 Å². The SMILES string of the molecule is CCCNC(=O)C1CC1C(=O)Nc1ccc(Br)cc1C. The van der Waals surface area contributed by atoms with Crippen LogP contribution in [0.5, 0.6) is 0 Å². The molecule has 1 aromatic rings. The first-order valence-corrected chi connectivity index (χ1v) is 7.67. The molecular weight excluding hydrogens is 320 g/mol. The van der Waals surface area contributed by atoms with Gasteiger partial charge >= 0.3 is 0 Å². The third kappa shape index (κ3) is 3.60. The maximum Gasteiger partial charge on any atom is 0.228 e. The van der Waals surface area contributed by atoms with Gasteiger partial charge in [0.25, 0.3) is 0 Å². The van der Waals surface area contributed by atoms with E-state index < -0.39 is 0 Å². The average Bonchev–Trinajstić information content (AvgIpc) is 3.19. The van der Waals surface area contributed by atoms with Crippen LogP contribution in [0.15, 0.2) is 22.7 Å². The lowest BCUT2D eigenvalue weighted by Gasteiger charge is -2.08. The summed E-state index contributed by atoms with van der Waals surface area (Å²) < 4.78 is 0.983. The van der Waals surface area contributed by atoms with Crippen LogP contribution in [0.3, 0.4) is 0 Å². The molecule has 5 heteroatoms. The predicted octanol–water partition coefficient (Wildman–Crippen LogP) is 2.86. The van der Waals surface area contributed by atoms with Crippen LogP contribution in [0.2, 0.25) is 0 Å². The molecular formula is C15H19BrN2O2. The van der Waals surface area contributed by atoms with E-state index in [2.05, 4.69) is 26.6 Å². The summed E-state index contributed by atoms with van der Waals surface area (Å²) in [6.45, 7) is 4.63. The van der Waals surface area contributed by atoms with Gasteiger partial charge in [-0.2, -0.15) is 0 Å². The molecule has 0 spiro atoms. The van der Waals surface area contributed by atoms with Gasteiger partial charge in [-0.15, -0.1) is 0 Å². The molecule has 2 N–H and O–H groups in total. The van der Waals surface area contributed by atoms with Gasteiger partial charge in [0.2, 0.25) is 11.8 Å². The number of hydrogen-bond acceptors (Lipinski definition) is 2. The normalized spacial score (nSPS) is 20.4. The second kappa shape index (κ2) is 6.39. The van der Waals surface area contributed by atoms with E-state index in [9.17, 15) is 9.59 Å². The summed E-state index contributed by atoms with van der Waals surface area (Å²) in [4.78, 5) is 23.8. The van der Waals surface area contributed by atoms with E-state index in [1.165, 1.54) is 0 Å². The fourth-order valence-electron chi connectivity index (χ4n) is 2.15. The zero-order chi connectivity index (χ0) is 14.7. The molecule has 0 heterocycles. The summed E-state index contributed by atoms with van der Waals surface area (Å²) in [7, 11) is 0. The van der Waals surface area contributed by atoms with Crippen LogP contribution in [0.1, 0.15) is 25.3 Å². The van der Waals surface area contributed by atoms with Crippen LogP contribution >= 0.6 is 15.9 Å². The standard InChI is InChI=1S/C15H19BrN2O2/c1-3-6-17-14(19)11-8-12(11)15(20)18-13-5-4-10(16)7-9(13)2/h4-5,7,11-12H,3,6,8H2,1-2H3,(H,17,19)(H,18,20). The fourth-order valence-corrected chi connectivity index (χ4v) is 2.62. The van der Waals surface area contributed by atoms with Gasteiger partial charge in [0, 0.05) is 16.7 Å². The van der Waals surface area contributed by atoms with Gasteiger partial charge < -0.3 is 10.6 Å². The molecule has 1 aliphatic carbocycles. The maximum absolute atomic E-state index is 12.1. The van der Waals surface area contributed by atoms with Crippen molar-refractivity contribution >= 4 is 33.4 Å². The van der Waals surface area contributed by atoms with E-state index in [-0.39, 0.29) is 23.7 Å². The minimum Gasteiger partial charge on any atom is -0.356 e. The average molecular weight is 339 g/mol. The Kier molecular flexibility index (Phi) is 4.81. The number of carbonyl (C=O) groups is 2. The van der Waals surface area contributed by atoms with Crippen LogP contribution in [0.4, 0.5) is 5.69 Å². The van der Waals surface area contributed by atoms with E-state index in [0.29, 0.717) is 13.0 Å². The fraction of sp³-hybridized carbons (Fsp3) is 0.467. The number of aryl methyl sites for hydroxylation is 1. The third-order valence-corrected chi connectivity index (χ3v) is 3.95. The molecule has 1 aromatic carbocycles. The monoisotopic (exact) mass is 338 g/mol. The van der Waals surface area contributed by atoms with Crippen molar-refractivity contribution in [3.63, 3.8) is 0 Å². The van der Waals surface area contributed by atoms with Crippen LogP contribution in [0.25, 0.3) is 0 Å². The highest BCUT2D eigenvalue weighted by Crippen LogP contribution is 2.39. The number of benzene rings is 1. The van der Waals surface area contributed by atoms with Gasteiger partial charge in [0.1, 0.15) is 0 Å². The minimum absolute atomic E-state index is 0.000437. The van der Waals surface area contributed by atoms with E-state index in [0.717, 1.165) is 22.1 Å². The van der Waals surface area contributed by atoms with Crippen molar-refractivity contribution in [1.29, 1.82) is 0 Å². The van der Waals surface area contributed by atoms with Crippen LogP contribution in [0, 0.1) is 18.8 Å². The van der Waals surface area contributed by atoms with Crippen molar-refractivity contribution < 1.29 is 9.59 Å². The number of nitrogens with one attached hydrogen (secondary N) is 2. The lowest BCUT2D eigenvalue weighted by Crippen LogP contribution is -2.28. The number of rotatable bonds is 5. The molecule has 20 heavy (non-hydrogen) atoms. The summed E-state index contributed by atoms with van der Waals surface area (Å²) >= 11 is 3.39. The molecule has 0 aromatic heterocycles. The van der Waals surface area contributed by atoms with Crippen LogP contribution < -0.4 is 10.6 Å². The van der Waals surface area contributed by atoms with Crippen LogP contribution in [-0.4, -0.2) is 18.4 Å². The summed E-state index contributed by atoms with van der Waals surface area (Å²) in [5, 5.41) is 5.74. The number of carbonyl (C=O) groups excluding carboxylic acids is 2. The largest absolute Gasteiger partial charge is 0.356 e. The molecule has 0 bridgehead atoms. The Labute approximate surface area is 127 Å². The molecule has 2 amide bonds. The summed E-state index contributed by atoms with van der Waals surface area (Å²) in [5.41, 5.74) is 1.80. The molecule has 4 nitrogen and oxygen atoms in total. The Morgan fingerprint density at radius 1 is 1.30 bits per heavy atom. The minimum atomic E-state index is -0.185. The molecule has 2 unspecified atom stereocenters. The second-order valence-corrected chi connectivity index (χ2v) is 6.10. The Bertz CT molecular complexity index is 531. The van der Waals surface area contributed by atoms with Crippen molar-refractivity contribution in [1.82, 2.24) is 5.32 Å². The maximum atomic E-state index is 12.1. The van der Waals surface area contributed by atoms with Gasteiger partial charge in [-0.1, -0.05) is 22.9 Å². The molecule has 0 saturated heterocycles. The molecule has 2 atom stereocenters. The van der Waals surface area contributed by atoms with Gasteiger partial charge in [0.05, 0.1) is 11.8 Å². The van der Waals surface area contributed by atoms with E-state index in [4.69, 9.17) is 0 Å². The zero-order valence-electron chi connectivity index (χ0n) is 11.7. The quantitative estimate of drug-likeness (QED) is 0.867. The summed E-state index contributed by atoms with van der Waals surface area (Å²) in [6.07, 6.45) is 1.56. The third-order valence-electron chi connectivity index (χ3n) is 3.46. The first-order valence-electron chi connectivity index (χ1n) is 6.87. The lowest BCUT2D eigenvalue weighted by molar-refractivity contribution is -0.125. The smallest absolute Gasteiger partial charge is 0.228 e. The lowest BCUT2D eigenvalue weighted by atomic mass is 10.2. The van der Waals surface area contributed by atoms with E-state index >= 15 is 0 Å².